The Bertz CT molecular complexity index is 856. The van der Waals surface area contributed by atoms with Crippen molar-refractivity contribution >= 4 is 5.78 Å². The number of carbonyl (C=O) groups excluding carboxylic acids is 1. The van der Waals surface area contributed by atoms with Crippen molar-refractivity contribution in [3.8, 4) is 17.6 Å². The molecule has 130 valence electrons. The predicted octanol–water partition coefficient (Wildman–Crippen LogP) is 3.53. The summed E-state index contributed by atoms with van der Waals surface area (Å²) in [5.41, 5.74) is 3.52. The molecule has 1 aliphatic heterocycles. The van der Waals surface area contributed by atoms with Crippen molar-refractivity contribution < 1.29 is 14.6 Å². The quantitative estimate of drug-likeness (QED) is 0.862. The van der Waals surface area contributed by atoms with E-state index in [-0.39, 0.29) is 16.9 Å². The summed E-state index contributed by atoms with van der Waals surface area (Å²) < 4.78 is 5.20. The van der Waals surface area contributed by atoms with Crippen molar-refractivity contribution in [3.05, 3.63) is 46.3 Å². The molecule has 5 nitrogen and oxygen atoms in total. The molecule has 0 spiro atoms. The first-order valence-corrected chi connectivity index (χ1v) is 8.28. The van der Waals surface area contributed by atoms with Crippen molar-refractivity contribution in [2.75, 3.05) is 7.11 Å². The van der Waals surface area contributed by atoms with E-state index in [9.17, 15) is 15.2 Å². The van der Waals surface area contributed by atoms with Crippen LogP contribution < -0.4 is 10.1 Å². The Kier molecular flexibility index (Phi) is 4.08. The molecule has 0 fully saturated rings. The zero-order chi connectivity index (χ0) is 18.4. The number of nitrogens with one attached hydrogen (secondary N) is 1. The molecule has 2 aliphatic rings. The average molecular weight is 338 g/mol. The molecule has 0 saturated heterocycles. The van der Waals surface area contributed by atoms with Gasteiger partial charge < -0.3 is 15.2 Å². The number of phenols is 1. The Morgan fingerprint density at radius 3 is 2.72 bits per heavy atom. The third kappa shape index (κ3) is 2.89. The minimum Gasteiger partial charge on any atom is -0.504 e. The number of rotatable bonds is 2. The van der Waals surface area contributed by atoms with Crippen LogP contribution >= 0.6 is 0 Å². The number of nitrogens with zero attached hydrogens (tertiary/aromatic N) is 1. The first kappa shape index (κ1) is 17.1. The summed E-state index contributed by atoms with van der Waals surface area (Å²) in [7, 11) is 1.48. The van der Waals surface area contributed by atoms with Crippen molar-refractivity contribution in [2.24, 2.45) is 5.41 Å². The molecule has 1 aromatic carbocycles. The van der Waals surface area contributed by atoms with Crippen LogP contribution in [0.1, 0.15) is 45.1 Å². The van der Waals surface area contributed by atoms with Crippen LogP contribution in [0.3, 0.4) is 0 Å². The largest absolute Gasteiger partial charge is 0.504 e. The summed E-state index contributed by atoms with van der Waals surface area (Å²) in [4.78, 5) is 12.9. The monoisotopic (exact) mass is 338 g/mol. The number of hydrogen-bond donors (Lipinski definition) is 2. The molecule has 0 amide bonds. The minimum atomic E-state index is -0.431. The molecule has 25 heavy (non-hydrogen) atoms. The van der Waals surface area contributed by atoms with Gasteiger partial charge in [0, 0.05) is 23.4 Å². The summed E-state index contributed by atoms with van der Waals surface area (Å²) in [6.45, 7) is 6.01. The maximum Gasteiger partial charge on any atom is 0.162 e. The SMILES string of the molecule is COc1cc([C@H]2C(C#N)=C(C)NC3=C2C(=O)CC(C)(C)C3)ccc1O. The first-order valence-electron chi connectivity index (χ1n) is 8.28. The molecule has 5 heteroatoms. The van der Waals surface area contributed by atoms with E-state index in [1.807, 2.05) is 6.92 Å². The van der Waals surface area contributed by atoms with E-state index in [2.05, 4.69) is 25.2 Å². The third-order valence-corrected chi connectivity index (χ3v) is 4.90. The van der Waals surface area contributed by atoms with E-state index in [1.165, 1.54) is 13.2 Å². The van der Waals surface area contributed by atoms with Crippen molar-refractivity contribution in [2.45, 2.75) is 39.5 Å². The van der Waals surface area contributed by atoms with Crippen LogP contribution in [0.25, 0.3) is 0 Å². The van der Waals surface area contributed by atoms with Gasteiger partial charge in [0.1, 0.15) is 0 Å². The summed E-state index contributed by atoms with van der Waals surface area (Å²) in [6.07, 6.45) is 1.22. The van der Waals surface area contributed by atoms with Gasteiger partial charge in [-0.1, -0.05) is 19.9 Å². The number of allylic oxidation sites excluding steroid dienone is 4. The van der Waals surface area contributed by atoms with E-state index in [4.69, 9.17) is 4.74 Å². The summed E-state index contributed by atoms with van der Waals surface area (Å²) in [5.74, 6) is -0.00296. The fraction of sp³-hybridized carbons (Fsp3) is 0.400. The number of benzene rings is 1. The van der Waals surface area contributed by atoms with Crippen molar-refractivity contribution in [1.82, 2.24) is 5.32 Å². The maximum atomic E-state index is 12.9. The second-order valence-corrected chi connectivity index (χ2v) is 7.47. The fourth-order valence-corrected chi connectivity index (χ4v) is 3.79. The Hall–Kier alpha value is -2.74. The number of carbonyl (C=O) groups is 1. The third-order valence-electron chi connectivity index (χ3n) is 4.90. The number of ketones is 1. The highest BCUT2D eigenvalue weighted by molar-refractivity contribution is 6.00. The Balaban J connectivity index is 2.19. The topological polar surface area (TPSA) is 82.3 Å². The number of ether oxygens (including phenoxy) is 1. The van der Waals surface area contributed by atoms with Crippen molar-refractivity contribution in [1.29, 1.82) is 5.26 Å². The van der Waals surface area contributed by atoms with E-state index in [0.29, 0.717) is 23.3 Å². The van der Waals surface area contributed by atoms with Gasteiger partial charge in [-0.25, -0.2) is 0 Å². The molecule has 1 heterocycles. The number of methoxy groups -OCH3 is 1. The lowest BCUT2D eigenvalue weighted by Crippen LogP contribution is -2.36. The van der Waals surface area contributed by atoms with Crippen LogP contribution in [0.2, 0.25) is 0 Å². The number of Topliss-reactive ketones (excluding diaryl/α,β-unsaturated/α-hetero) is 1. The van der Waals surface area contributed by atoms with Crippen LogP contribution in [0.15, 0.2) is 40.7 Å². The fourth-order valence-electron chi connectivity index (χ4n) is 3.79. The maximum absolute atomic E-state index is 12.9. The van der Waals surface area contributed by atoms with Gasteiger partial charge in [-0.3, -0.25) is 4.79 Å². The van der Waals surface area contributed by atoms with Crippen LogP contribution in [-0.4, -0.2) is 18.0 Å². The molecule has 1 atom stereocenters. The lowest BCUT2D eigenvalue weighted by Gasteiger charge is -2.38. The molecule has 0 radical (unpaired) electrons. The standard InChI is InChI=1S/C20H22N2O3/c1-11-13(10-21)18(12-5-6-15(23)17(7-12)25-4)19-14(22-11)8-20(2,3)9-16(19)24/h5-7,18,22-23H,8-9H2,1-4H3/t18-/m0/s1. The summed E-state index contributed by atoms with van der Waals surface area (Å²) in [6, 6.07) is 7.24. The van der Waals surface area contributed by atoms with E-state index >= 15 is 0 Å². The normalized spacial score (nSPS) is 22.2. The Labute approximate surface area is 147 Å². The molecular formula is C20H22N2O3. The number of aromatic hydroxyl groups is 1. The highest BCUT2D eigenvalue weighted by Crippen LogP contribution is 2.47. The molecule has 0 unspecified atom stereocenters. The molecule has 0 saturated carbocycles. The number of dihydropyridines is 1. The van der Waals surface area contributed by atoms with E-state index < -0.39 is 5.92 Å². The lowest BCUT2D eigenvalue weighted by atomic mass is 9.69. The lowest BCUT2D eigenvalue weighted by molar-refractivity contribution is -0.118. The van der Waals surface area contributed by atoms with E-state index in [0.717, 1.165) is 23.4 Å². The number of phenolic OH excluding ortho intramolecular Hbond substituents is 1. The Morgan fingerprint density at radius 1 is 1.36 bits per heavy atom. The number of hydrogen-bond acceptors (Lipinski definition) is 5. The van der Waals surface area contributed by atoms with Crippen LogP contribution in [0, 0.1) is 16.7 Å². The highest BCUT2D eigenvalue weighted by atomic mass is 16.5. The first-order chi connectivity index (χ1) is 11.8. The predicted molar refractivity (Wildman–Crippen MR) is 93.9 cm³/mol. The average Bonchev–Trinajstić information content (AvgIpc) is 2.53. The van der Waals surface area contributed by atoms with Crippen molar-refractivity contribution in [3.63, 3.8) is 0 Å². The smallest absolute Gasteiger partial charge is 0.162 e. The van der Waals surface area contributed by atoms with Gasteiger partial charge in [0.05, 0.1) is 24.7 Å². The molecule has 0 bridgehead atoms. The highest BCUT2D eigenvalue weighted by Gasteiger charge is 2.41. The van der Waals surface area contributed by atoms with Gasteiger partial charge in [-0.05, 0) is 36.5 Å². The molecule has 2 N–H and O–H groups in total. The molecule has 1 aliphatic carbocycles. The summed E-state index contributed by atoms with van der Waals surface area (Å²) in [5, 5.41) is 22.8. The van der Waals surface area contributed by atoms with Gasteiger partial charge in [-0.15, -0.1) is 0 Å². The van der Waals surface area contributed by atoms with E-state index in [1.54, 1.807) is 12.1 Å². The molecule has 0 aromatic heterocycles. The minimum absolute atomic E-state index is 0.0321. The zero-order valence-corrected chi connectivity index (χ0v) is 14.9. The van der Waals surface area contributed by atoms with Gasteiger partial charge in [0.2, 0.25) is 0 Å². The number of nitriles is 1. The van der Waals surface area contributed by atoms with Gasteiger partial charge in [0.15, 0.2) is 17.3 Å². The van der Waals surface area contributed by atoms with Crippen LogP contribution in [0.5, 0.6) is 11.5 Å². The molecular weight excluding hydrogens is 316 g/mol. The van der Waals surface area contributed by atoms with Gasteiger partial charge in [0.25, 0.3) is 0 Å². The van der Waals surface area contributed by atoms with Gasteiger partial charge >= 0.3 is 0 Å². The van der Waals surface area contributed by atoms with Crippen LogP contribution in [-0.2, 0) is 4.79 Å². The molecule has 3 rings (SSSR count). The van der Waals surface area contributed by atoms with Gasteiger partial charge in [-0.2, -0.15) is 5.26 Å². The Morgan fingerprint density at radius 2 is 2.08 bits per heavy atom. The van der Waals surface area contributed by atoms with Crippen LogP contribution in [0.4, 0.5) is 0 Å². The summed E-state index contributed by atoms with van der Waals surface area (Å²) >= 11 is 0. The zero-order valence-electron chi connectivity index (χ0n) is 14.9. The second-order valence-electron chi connectivity index (χ2n) is 7.47. The second kappa shape index (κ2) is 5.96. The molecule has 1 aromatic rings.